The van der Waals surface area contributed by atoms with Gasteiger partial charge in [0, 0.05) is 30.2 Å². The number of benzene rings is 2. The van der Waals surface area contributed by atoms with Gasteiger partial charge in [0.2, 0.25) is 11.8 Å². The molecule has 2 aromatic carbocycles. The zero-order chi connectivity index (χ0) is 24.4. The summed E-state index contributed by atoms with van der Waals surface area (Å²) < 4.78 is 14.6. The molecule has 1 aliphatic heterocycles. The third-order valence-corrected chi connectivity index (χ3v) is 6.05. The fourth-order valence-corrected chi connectivity index (χ4v) is 4.26. The molecular weight excluding hydrogens is 449 g/mol. The third kappa shape index (κ3) is 4.65. The van der Waals surface area contributed by atoms with Gasteiger partial charge in [0.25, 0.3) is 5.56 Å². The van der Waals surface area contributed by atoms with E-state index in [-0.39, 0.29) is 43.4 Å². The highest BCUT2D eigenvalue weighted by molar-refractivity contribution is 6.00. The molecule has 1 saturated heterocycles. The Bertz CT molecular complexity index is 1450. The lowest BCUT2D eigenvalue weighted by atomic mass is 10.1. The molecule has 0 bridgehead atoms. The normalized spacial score (nSPS) is 15.5. The fourth-order valence-electron chi connectivity index (χ4n) is 4.26. The first-order valence-corrected chi connectivity index (χ1v) is 11.2. The Labute approximate surface area is 200 Å². The molecule has 3 heterocycles. The van der Waals surface area contributed by atoms with Crippen LogP contribution in [0.5, 0.6) is 0 Å². The molecule has 0 aliphatic carbocycles. The molecule has 4 aromatic rings. The number of pyridine rings is 1. The molecule has 2 amide bonds. The van der Waals surface area contributed by atoms with Gasteiger partial charge in [-0.1, -0.05) is 24.3 Å². The highest BCUT2D eigenvalue weighted by Gasteiger charge is 2.35. The maximum atomic E-state index is 13.2. The quantitative estimate of drug-likeness (QED) is 0.466. The second-order valence-electron chi connectivity index (χ2n) is 8.38. The predicted molar refractivity (Wildman–Crippen MR) is 128 cm³/mol. The van der Waals surface area contributed by atoms with Gasteiger partial charge < -0.3 is 10.2 Å². The van der Waals surface area contributed by atoms with Gasteiger partial charge in [0.05, 0.1) is 35.8 Å². The van der Waals surface area contributed by atoms with Crippen molar-refractivity contribution in [3.05, 3.63) is 100 Å². The monoisotopic (exact) mass is 471 g/mol. The summed E-state index contributed by atoms with van der Waals surface area (Å²) in [5, 5.41) is 8.55. The van der Waals surface area contributed by atoms with Gasteiger partial charge in [-0.25, -0.2) is 9.07 Å². The van der Waals surface area contributed by atoms with E-state index in [1.165, 1.54) is 33.8 Å². The molecule has 2 aromatic heterocycles. The number of amides is 2. The summed E-state index contributed by atoms with van der Waals surface area (Å²) in [6.45, 7) is 0.516. The highest BCUT2D eigenvalue weighted by Crippen LogP contribution is 2.25. The van der Waals surface area contributed by atoms with Crippen molar-refractivity contribution < 1.29 is 14.0 Å². The number of hydrogen-bond acceptors (Lipinski definition) is 5. The maximum Gasteiger partial charge on any atom is 0.275 e. The Kier molecular flexibility index (Phi) is 6.05. The second-order valence-corrected chi connectivity index (χ2v) is 8.38. The van der Waals surface area contributed by atoms with Crippen LogP contribution in [0.2, 0.25) is 0 Å². The van der Waals surface area contributed by atoms with Crippen molar-refractivity contribution in [2.45, 2.75) is 19.5 Å². The van der Waals surface area contributed by atoms with Crippen molar-refractivity contribution in [2.75, 3.05) is 11.4 Å². The maximum absolute atomic E-state index is 13.2. The zero-order valence-electron chi connectivity index (χ0n) is 18.7. The zero-order valence-corrected chi connectivity index (χ0v) is 18.7. The number of hydrogen-bond donors (Lipinski definition) is 1. The number of rotatable bonds is 6. The Morgan fingerprint density at radius 3 is 2.49 bits per heavy atom. The second kappa shape index (κ2) is 9.46. The van der Waals surface area contributed by atoms with Crippen molar-refractivity contribution >= 4 is 28.3 Å². The van der Waals surface area contributed by atoms with E-state index in [4.69, 9.17) is 0 Å². The average molecular weight is 471 g/mol. The van der Waals surface area contributed by atoms with Crippen molar-refractivity contribution in [3.63, 3.8) is 0 Å². The summed E-state index contributed by atoms with van der Waals surface area (Å²) >= 11 is 0. The summed E-state index contributed by atoms with van der Waals surface area (Å²) in [6, 6.07) is 18.2. The van der Waals surface area contributed by atoms with Crippen LogP contribution in [0.3, 0.4) is 0 Å². The number of nitrogens with one attached hydrogen (secondary N) is 1. The fraction of sp³-hybridized carbons (Fsp3) is 0.192. The minimum Gasteiger partial charge on any atom is -0.350 e. The highest BCUT2D eigenvalue weighted by atomic mass is 19.1. The number of halogens is 1. The standard InChI is InChI=1S/C26H22FN5O3/c27-18-8-10-20(11-9-18)31-15-17(13-24(31)33)25(34)29-14-23-21-6-1-2-7-22(21)26(35)32(30-23)16-19-5-3-4-12-28-19/h1-12,17H,13-16H2,(H,29,34). The van der Waals surface area contributed by atoms with Crippen LogP contribution in [-0.4, -0.2) is 33.1 Å². The van der Waals surface area contributed by atoms with Gasteiger partial charge in [0.15, 0.2) is 0 Å². The largest absolute Gasteiger partial charge is 0.350 e. The van der Waals surface area contributed by atoms with E-state index in [2.05, 4.69) is 15.4 Å². The first-order chi connectivity index (χ1) is 17.0. The number of nitrogens with zero attached hydrogens (tertiary/aromatic N) is 4. The lowest BCUT2D eigenvalue weighted by Gasteiger charge is -2.17. The molecule has 0 spiro atoms. The van der Waals surface area contributed by atoms with Crippen LogP contribution in [0.1, 0.15) is 17.8 Å². The summed E-state index contributed by atoms with van der Waals surface area (Å²) in [7, 11) is 0. The Morgan fingerprint density at radius 1 is 1.00 bits per heavy atom. The molecule has 9 heteroatoms. The lowest BCUT2D eigenvalue weighted by molar-refractivity contribution is -0.126. The molecule has 5 rings (SSSR count). The van der Waals surface area contributed by atoms with Crippen molar-refractivity contribution in [3.8, 4) is 0 Å². The van der Waals surface area contributed by atoms with Crippen molar-refractivity contribution in [1.29, 1.82) is 0 Å². The van der Waals surface area contributed by atoms with E-state index < -0.39 is 11.7 Å². The molecular formula is C26H22FN5O3. The molecule has 1 aliphatic rings. The van der Waals surface area contributed by atoms with Gasteiger partial charge in [-0.15, -0.1) is 0 Å². The minimum atomic E-state index is -0.543. The number of fused-ring (bicyclic) bond motifs is 1. The molecule has 1 atom stereocenters. The number of carbonyl (C=O) groups is 2. The molecule has 8 nitrogen and oxygen atoms in total. The van der Waals surface area contributed by atoms with Gasteiger partial charge in [-0.05, 0) is 42.5 Å². The first-order valence-electron chi connectivity index (χ1n) is 11.2. The van der Waals surface area contributed by atoms with Gasteiger partial charge in [0.1, 0.15) is 5.82 Å². The summed E-state index contributed by atoms with van der Waals surface area (Å²) in [4.78, 5) is 44.1. The van der Waals surface area contributed by atoms with Crippen LogP contribution in [0.15, 0.2) is 77.7 Å². The summed E-state index contributed by atoms with van der Waals surface area (Å²) in [5.41, 5.74) is 1.56. The third-order valence-electron chi connectivity index (χ3n) is 6.05. The minimum absolute atomic E-state index is 0.0660. The van der Waals surface area contributed by atoms with E-state index >= 15 is 0 Å². The number of carbonyl (C=O) groups excluding carboxylic acids is 2. The van der Waals surface area contributed by atoms with Gasteiger partial charge >= 0.3 is 0 Å². The van der Waals surface area contributed by atoms with Gasteiger partial charge in [-0.3, -0.25) is 19.4 Å². The SMILES string of the molecule is O=C(NCc1nn(Cc2ccccn2)c(=O)c2ccccc12)C1CC(=O)N(c2ccc(F)cc2)C1. The average Bonchev–Trinajstić information content (AvgIpc) is 3.27. The first kappa shape index (κ1) is 22.4. The Hall–Kier alpha value is -4.40. The summed E-state index contributed by atoms with van der Waals surface area (Å²) in [5.74, 6) is -1.40. The number of aromatic nitrogens is 3. The molecule has 1 N–H and O–H groups in total. The molecule has 35 heavy (non-hydrogen) atoms. The number of anilines is 1. The lowest BCUT2D eigenvalue weighted by Crippen LogP contribution is -2.34. The topological polar surface area (TPSA) is 97.2 Å². The predicted octanol–water partition coefficient (Wildman–Crippen LogP) is 2.65. The van der Waals surface area contributed by atoms with E-state index in [0.717, 1.165) is 0 Å². The van der Waals surface area contributed by atoms with Crippen LogP contribution < -0.4 is 15.8 Å². The van der Waals surface area contributed by atoms with E-state index in [9.17, 15) is 18.8 Å². The molecule has 176 valence electrons. The van der Waals surface area contributed by atoms with Crippen LogP contribution >= 0.6 is 0 Å². The summed E-state index contributed by atoms with van der Waals surface area (Å²) in [6.07, 6.45) is 1.72. The van der Waals surface area contributed by atoms with Crippen molar-refractivity contribution in [2.24, 2.45) is 5.92 Å². The molecule has 0 radical (unpaired) electrons. The van der Waals surface area contributed by atoms with Crippen LogP contribution in [-0.2, 0) is 22.7 Å². The molecule has 1 unspecified atom stereocenters. The van der Waals surface area contributed by atoms with Gasteiger partial charge in [-0.2, -0.15) is 5.10 Å². The molecule has 1 fully saturated rings. The van der Waals surface area contributed by atoms with Crippen LogP contribution in [0.4, 0.5) is 10.1 Å². The Morgan fingerprint density at radius 2 is 1.74 bits per heavy atom. The smallest absolute Gasteiger partial charge is 0.275 e. The Balaban J connectivity index is 1.34. The van der Waals surface area contributed by atoms with E-state index in [1.54, 1.807) is 30.5 Å². The van der Waals surface area contributed by atoms with Crippen molar-refractivity contribution in [1.82, 2.24) is 20.1 Å². The van der Waals surface area contributed by atoms with Crippen LogP contribution in [0, 0.1) is 11.7 Å². The van der Waals surface area contributed by atoms with Crippen LogP contribution in [0.25, 0.3) is 10.8 Å². The van der Waals surface area contributed by atoms with E-state index in [1.807, 2.05) is 18.2 Å². The van der Waals surface area contributed by atoms with E-state index in [0.29, 0.717) is 27.8 Å². The molecule has 0 saturated carbocycles.